The fraction of sp³-hybridized carbons (Fsp3) is 0.400. The van der Waals surface area contributed by atoms with Gasteiger partial charge in [-0.1, -0.05) is 18.0 Å². The number of carbonyl (C=O) groups is 1. The van der Waals surface area contributed by atoms with Crippen molar-refractivity contribution >= 4 is 56.9 Å². The van der Waals surface area contributed by atoms with Crippen molar-refractivity contribution in [1.82, 2.24) is 0 Å². The maximum Gasteiger partial charge on any atom is 0.417 e. The lowest BCUT2D eigenvalue weighted by molar-refractivity contribution is -0.137. The van der Waals surface area contributed by atoms with Crippen molar-refractivity contribution in [3.8, 4) is 0 Å². The Morgan fingerprint density at radius 3 is 2.67 bits per heavy atom. The predicted octanol–water partition coefficient (Wildman–Crippen LogP) is 6.67. The first-order chi connectivity index (χ1) is 14.2. The molecule has 0 radical (unpaired) electrons. The van der Waals surface area contributed by atoms with Crippen molar-refractivity contribution in [2.75, 3.05) is 17.2 Å². The van der Waals surface area contributed by atoms with E-state index in [0.717, 1.165) is 54.7 Å². The number of esters is 1. The minimum atomic E-state index is -4.58. The topological polar surface area (TPSA) is 50.4 Å². The molecule has 1 aromatic carbocycles. The van der Waals surface area contributed by atoms with Crippen LogP contribution in [0.2, 0.25) is 5.02 Å². The molecule has 0 saturated carbocycles. The summed E-state index contributed by atoms with van der Waals surface area (Å²) in [5.74, 6) is -0.423. The molecule has 1 aliphatic carbocycles. The van der Waals surface area contributed by atoms with Crippen molar-refractivity contribution in [3.63, 3.8) is 0 Å². The van der Waals surface area contributed by atoms with E-state index in [1.54, 1.807) is 6.92 Å². The Bertz CT molecular complexity index is 960. The van der Waals surface area contributed by atoms with Crippen molar-refractivity contribution in [2.24, 2.45) is 0 Å². The second kappa shape index (κ2) is 9.53. The number of alkyl halides is 3. The van der Waals surface area contributed by atoms with Gasteiger partial charge in [0, 0.05) is 10.6 Å². The summed E-state index contributed by atoms with van der Waals surface area (Å²) < 4.78 is 44.5. The zero-order chi connectivity index (χ0) is 21.9. The lowest BCUT2D eigenvalue weighted by Gasteiger charge is -2.14. The molecule has 2 N–H and O–H groups in total. The number of benzene rings is 1. The second-order valence-electron chi connectivity index (χ2n) is 6.76. The molecular weight excluding hydrogens is 457 g/mol. The third-order valence-electron chi connectivity index (χ3n) is 4.66. The molecule has 0 saturated heterocycles. The molecule has 0 aliphatic heterocycles. The van der Waals surface area contributed by atoms with Gasteiger partial charge in [-0.3, -0.25) is 0 Å². The Morgan fingerprint density at radius 1 is 1.23 bits per heavy atom. The fourth-order valence-electron chi connectivity index (χ4n) is 3.34. The fourth-order valence-corrected chi connectivity index (χ4v) is 5.13. The quantitative estimate of drug-likeness (QED) is 0.293. The number of ether oxygens (including phenoxy) is 1. The maximum atomic E-state index is 13.1. The molecule has 1 aromatic heterocycles. The summed E-state index contributed by atoms with van der Waals surface area (Å²) in [7, 11) is 0. The Kier molecular flexibility index (Phi) is 7.26. The summed E-state index contributed by atoms with van der Waals surface area (Å²) in [5, 5.41) is 5.94. The Morgan fingerprint density at radius 2 is 1.97 bits per heavy atom. The largest absolute Gasteiger partial charge is 0.462 e. The molecule has 0 unspecified atom stereocenters. The molecule has 2 aromatic rings. The standard InChI is InChI=1S/C20H20ClF3N2O2S2/c1-2-28-18(27)16-12-6-4-3-5-7-15(12)30-17(16)26-19(29)25-11-8-9-14(21)13(10-11)20(22,23)24/h8-10H,2-7H2,1H3,(H2,25,26,29). The van der Waals surface area contributed by atoms with Gasteiger partial charge in [-0.15, -0.1) is 11.3 Å². The van der Waals surface area contributed by atoms with Gasteiger partial charge in [0.1, 0.15) is 5.00 Å². The summed E-state index contributed by atoms with van der Waals surface area (Å²) in [6.07, 6.45) is 0.220. The number of hydrogen-bond donors (Lipinski definition) is 2. The van der Waals surface area contributed by atoms with E-state index in [9.17, 15) is 18.0 Å². The summed E-state index contributed by atoms with van der Waals surface area (Å²) in [6.45, 7) is 1.98. The van der Waals surface area contributed by atoms with Crippen molar-refractivity contribution in [1.29, 1.82) is 0 Å². The third kappa shape index (κ3) is 5.25. The number of halogens is 4. The van der Waals surface area contributed by atoms with E-state index in [4.69, 9.17) is 28.6 Å². The van der Waals surface area contributed by atoms with Crippen molar-refractivity contribution in [2.45, 2.75) is 45.2 Å². The predicted molar refractivity (Wildman–Crippen MR) is 118 cm³/mol. The van der Waals surface area contributed by atoms with Gasteiger partial charge in [0.15, 0.2) is 5.11 Å². The number of anilines is 2. The van der Waals surface area contributed by atoms with Crippen LogP contribution in [0.15, 0.2) is 18.2 Å². The van der Waals surface area contributed by atoms with Crippen LogP contribution in [0.5, 0.6) is 0 Å². The lowest BCUT2D eigenvalue weighted by atomic mass is 10.1. The van der Waals surface area contributed by atoms with Crippen molar-refractivity contribution in [3.05, 3.63) is 44.8 Å². The molecule has 1 aliphatic rings. The van der Waals surface area contributed by atoms with Crippen molar-refractivity contribution < 1.29 is 22.7 Å². The maximum absolute atomic E-state index is 13.1. The number of hydrogen-bond acceptors (Lipinski definition) is 4. The monoisotopic (exact) mass is 476 g/mol. The van der Waals surface area contributed by atoms with Crippen LogP contribution >= 0.6 is 35.2 Å². The molecule has 4 nitrogen and oxygen atoms in total. The first-order valence-electron chi connectivity index (χ1n) is 9.47. The highest BCUT2D eigenvalue weighted by molar-refractivity contribution is 7.80. The number of carbonyl (C=O) groups excluding carboxylic acids is 1. The molecule has 0 spiro atoms. The van der Waals surface area contributed by atoms with Gasteiger partial charge >= 0.3 is 12.1 Å². The van der Waals surface area contributed by atoms with E-state index >= 15 is 0 Å². The summed E-state index contributed by atoms with van der Waals surface area (Å²) in [5.41, 5.74) is 0.633. The van der Waals surface area contributed by atoms with Crippen LogP contribution in [-0.4, -0.2) is 17.7 Å². The Hall–Kier alpha value is -1.84. The number of aryl methyl sites for hydroxylation is 1. The molecule has 162 valence electrons. The van der Waals surface area contributed by atoms with Gasteiger partial charge in [-0.25, -0.2) is 4.79 Å². The van der Waals surface area contributed by atoms with Crippen LogP contribution in [0.1, 0.15) is 52.5 Å². The van der Waals surface area contributed by atoms with E-state index in [0.29, 0.717) is 10.6 Å². The van der Waals surface area contributed by atoms with Crippen LogP contribution in [0.3, 0.4) is 0 Å². The second-order valence-corrected chi connectivity index (χ2v) is 8.68. The minimum absolute atomic E-state index is 0.0763. The molecule has 10 heteroatoms. The van der Waals surface area contributed by atoms with Crippen LogP contribution in [0.4, 0.5) is 23.9 Å². The zero-order valence-electron chi connectivity index (χ0n) is 16.1. The Balaban J connectivity index is 1.84. The number of thiophene rings is 1. The summed E-state index contributed by atoms with van der Waals surface area (Å²) in [4.78, 5) is 13.7. The van der Waals surface area contributed by atoms with Gasteiger partial charge in [-0.2, -0.15) is 13.2 Å². The first-order valence-corrected chi connectivity index (χ1v) is 11.1. The van der Waals surface area contributed by atoms with Gasteiger partial charge < -0.3 is 15.4 Å². The highest BCUT2D eigenvalue weighted by Gasteiger charge is 2.33. The van der Waals surface area contributed by atoms with Gasteiger partial charge in [-0.05, 0) is 68.6 Å². The Labute approximate surface area is 186 Å². The molecule has 30 heavy (non-hydrogen) atoms. The molecule has 3 rings (SSSR count). The van der Waals surface area contributed by atoms with E-state index < -0.39 is 22.7 Å². The van der Waals surface area contributed by atoms with Gasteiger partial charge in [0.05, 0.1) is 22.8 Å². The van der Waals surface area contributed by atoms with E-state index in [2.05, 4.69) is 10.6 Å². The lowest BCUT2D eigenvalue weighted by Crippen LogP contribution is -2.21. The van der Waals surface area contributed by atoms with Crippen LogP contribution < -0.4 is 10.6 Å². The van der Waals surface area contributed by atoms with Gasteiger partial charge in [0.2, 0.25) is 0 Å². The number of rotatable bonds is 4. The van der Waals surface area contributed by atoms with Crippen LogP contribution in [-0.2, 0) is 23.8 Å². The highest BCUT2D eigenvalue weighted by atomic mass is 35.5. The van der Waals surface area contributed by atoms with E-state index in [1.165, 1.54) is 17.4 Å². The molecule has 0 atom stereocenters. The summed E-state index contributed by atoms with van der Waals surface area (Å²) >= 11 is 12.4. The molecular formula is C20H20ClF3N2O2S2. The first kappa shape index (κ1) is 22.8. The smallest absolute Gasteiger partial charge is 0.417 e. The van der Waals surface area contributed by atoms with E-state index in [-0.39, 0.29) is 17.4 Å². The van der Waals surface area contributed by atoms with Crippen LogP contribution in [0, 0.1) is 0 Å². The number of nitrogens with one attached hydrogen (secondary N) is 2. The SMILES string of the molecule is CCOC(=O)c1c(NC(=S)Nc2ccc(Cl)c(C(F)(F)F)c2)sc2c1CCCCC2. The average molecular weight is 477 g/mol. The third-order valence-corrected chi connectivity index (χ3v) is 6.40. The molecule has 0 amide bonds. The minimum Gasteiger partial charge on any atom is -0.462 e. The zero-order valence-corrected chi connectivity index (χ0v) is 18.5. The molecule has 0 bridgehead atoms. The number of thiocarbonyl (C=S) groups is 1. The van der Waals surface area contributed by atoms with E-state index in [1.807, 2.05) is 0 Å². The number of fused-ring (bicyclic) bond motifs is 1. The molecule has 0 fully saturated rings. The van der Waals surface area contributed by atoms with Gasteiger partial charge in [0.25, 0.3) is 0 Å². The summed E-state index contributed by atoms with van der Waals surface area (Å²) in [6, 6.07) is 3.46. The average Bonchev–Trinajstić information content (AvgIpc) is 2.83. The molecule has 1 heterocycles. The normalized spacial score (nSPS) is 13.9. The highest BCUT2D eigenvalue weighted by Crippen LogP contribution is 2.39. The van der Waals surface area contributed by atoms with Crippen LogP contribution in [0.25, 0.3) is 0 Å².